The molecular weight excluding hydrogens is 544 g/mol. The smallest absolute Gasteiger partial charge is 0.295 e. The number of rotatable bonds is 12. The Morgan fingerprint density at radius 3 is 2.40 bits per heavy atom. The number of carbonyl (C=O) groups is 2. The fraction of sp³-hybridized carbons (Fsp3) is 0.371. The SMILES string of the molecule is CCCOc1ccc(C(O)=C2C(=O)C(=O)N(CCCN3CCOCC3)C2c2ccc(OCc3ccccc3)cc2)cc1C. The van der Waals surface area contributed by atoms with Gasteiger partial charge in [0.2, 0.25) is 0 Å². The molecule has 8 heteroatoms. The number of ether oxygens (including phenoxy) is 3. The van der Waals surface area contributed by atoms with E-state index in [-0.39, 0.29) is 11.3 Å². The van der Waals surface area contributed by atoms with E-state index in [1.54, 1.807) is 23.1 Å². The number of amides is 1. The van der Waals surface area contributed by atoms with Gasteiger partial charge in [-0.3, -0.25) is 14.5 Å². The molecule has 43 heavy (non-hydrogen) atoms. The van der Waals surface area contributed by atoms with Gasteiger partial charge in [-0.2, -0.15) is 0 Å². The number of Topliss-reactive ketones (excluding diaryl/α,β-unsaturated/α-hetero) is 1. The maximum atomic E-state index is 13.5. The first-order chi connectivity index (χ1) is 21.0. The molecule has 1 unspecified atom stereocenters. The summed E-state index contributed by atoms with van der Waals surface area (Å²) >= 11 is 0. The van der Waals surface area contributed by atoms with Gasteiger partial charge >= 0.3 is 0 Å². The molecule has 2 aliphatic rings. The van der Waals surface area contributed by atoms with E-state index in [1.807, 2.05) is 68.4 Å². The number of morpholine rings is 1. The third-order valence-electron chi connectivity index (χ3n) is 7.87. The highest BCUT2D eigenvalue weighted by Crippen LogP contribution is 2.40. The van der Waals surface area contributed by atoms with Crippen molar-refractivity contribution in [1.82, 2.24) is 9.80 Å². The Morgan fingerprint density at radius 1 is 0.953 bits per heavy atom. The van der Waals surface area contributed by atoms with Crippen LogP contribution in [0, 0.1) is 6.92 Å². The van der Waals surface area contributed by atoms with Crippen LogP contribution in [0.1, 0.15) is 48.1 Å². The van der Waals surface area contributed by atoms with Gasteiger partial charge in [-0.1, -0.05) is 49.4 Å². The van der Waals surface area contributed by atoms with Crippen molar-refractivity contribution in [3.05, 3.63) is 101 Å². The molecule has 3 aromatic rings. The Labute approximate surface area is 253 Å². The topological polar surface area (TPSA) is 88.5 Å². The number of aryl methyl sites for hydroxylation is 1. The number of hydrogen-bond donors (Lipinski definition) is 1. The van der Waals surface area contributed by atoms with Crippen molar-refractivity contribution >= 4 is 17.4 Å². The van der Waals surface area contributed by atoms with Crippen molar-refractivity contribution in [2.45, 2.75) is 39.3 Å². The molecule has 1 amide bonds. The van der Waals surface area contributed by atoms with Gasteiger partial charge in [0, 0.05) is 31.7 Å². The first kappa shape index (κ1) is 30.3. The number of benzene rings is 3. The van der Waals surface area contributed by atoms with Crippen LogP contribution in [0.2, 0.25) is 0 Å². The van der Waals surface area contributed by atoms with E-state index in [1.165, 1.54) is 0 Å². The maximum Gasteiger partial charge on any atom is 0.295 e. The molecule has 2 saturated heterocycles. The number of aliphatic hydroxyl groups excluding tert-OH is 1. The zero-order valence-electron chi connectivity index (χ0n) is 25.0. The van der Waals surface area contributed by atoms with Crippen LogP contribution in [0.25, 0.3) is 5.76 Å². The largest absolute Gasteiger partial charge is 0.507 e. The van der Waals surface area contributed by atoms with E-state index >= 15 is 0 Å². The van der Waals surface area contributed by atoms with Gasteiger partial charge in [0.1, 0.15) is 23.9 Å². The van der Waals surface area contributed by atoms with Gasteiger partial charge in [-0.05, 0) is 66.8 Å². The first-order valence-corrected chi connectivity index (χ1v) is 15.0. The lowest BCUT2D eigenvalue weighted by Gasteiger charge is -2.29. The fourth-order valence-corrected chi connectivity index (χ4v) is 5.56. The van der Waals surface area contributed by atoms with E-state index < -0.39 is 17.7 Å². The second-order valence-electron chi connectivity index (χ2n) is 11.0. The van der Waals surface area contributed by atoms with Crippen LogP contribution in [0.3, 0.4) is 0 Å². The monoisotopic (exact) mass is 584 g/mol. The highest BCUT2D eigenvalue weighted by Gasteiger charge is 2.45. The number of nitrogens with zero attached hydrogens (tertiary/aromatic N) is 2. The molecule has 0 saturated carbocycles. The zero-order chi connectivity index (χ0) is 30.2. The minimum atomic E-state index is -0.718. The van der Waals surface area contributed by atoms with Crippen LogP contribution in [0.5, 0.6) is 11.5 Å². The highest BCUT2D eigenvalue weighted by molar-refractivity contribution is 6.46. The van der Waals surface area contributed by atoms with E-state index in [2.05, 4.69) is 4.90 Å². The average molecular weight is 585 g/mol. The predicted octanol–water partition coefficient (Wildman–Crippen LogP) is 5.51. The molecule has 0 aromatic heterocycles. The average Bonchev–Trinajstić information content (AvgIpc) is 3.29. The molecule has 226 valence electrons. The van der Waals surface area contributed by atoms with Crippen molar-refractivity contribution in [3.63, 3.8) is 0 Å². The van der Waals surface area contributed by atoms with Crippen molar-refractivity contribution < 1.29 is 28.9 Å². The summed E-state index contributed by atoms with van der Waals surface area (Å²) in [6, 6.07) is 21.9. The Kier molecular flexibility index (Phi) is 10.1. The van der Waals surface area contributed by atoms with E-state index in [0.29, 0.717) is 50.7 Å². The molecule has 0 radical (unpaired) electrons. The third-order valence-corrected chi connectivity index (χ3v) is 7.87. The standard InChI is InChI=1S/C35H40N2O6/c1-3-20-42-30-15-12-28(23-25(30)2)33(38)31-32(27-10-13-29(14-11-27)43-24-26-8-5-4-6-9-26)37(35(40)34(31)39)17-7-16-36-18-21-41-22-19-36/h4-6,8-15,23,32,38H,3,7,16-22,24H2,1-2H3. The highest BCUT2D eigenvalue weighted by atomic mass is 16.5. The molecule has 1 N–H and O–H groups in total. The summed E-state index contributed by atoms with van der Waals surface area (Å²) in [5, 5.41) is 11.5. The minimum absolute atomic E-state index is 0.0935. The lowest BCUT2D eigenvalue weighted by molar-refractivity contribution is -0.140. The third kappa shape index (κ3) is 7.27. The second-order valence-corrected chi connectivity index (χ2v) is 11.0. The molecule has 1 atom stereocenters. The Morgan fingerprint density at radius 2 is 1.70 bits per heavy atom. The van der Waals surface area contributed by atoms with E-state index in [9.17, 15) is 14.7 Å². The Hall–Kier alpha value is -4.14. The van der Waals surface area contributed by atoms with E-state index in [4.69, 9.17) is 14.2 Å². The summed E-state index contributed by atoms with van der Waals surface area (Å²) in [6.45, 7) is 9.24. The number of likely N-dealkylation sites (tertiary alicyclic amines) is 1. The van der Waals surface area contributed by atoms with Crippen LogP contribution >= 0.6 is 0 Å². The Bertz CT molecular complexity index is 1430. The Balaban J connectivity index is 1.43. The lowest BCUT2D eigenvalue weighted by Crippen LogP contribution is -2.38. The first-order valence-electron chi connectivity index (χ1n) is 15.0. The molecule has 2 heterocycles. The normalized spacial score (nSPS) is 18.7. The van der Waals surface area contributed by atoms with Gasteiger partial charge < -0.3 is 24.2 Å². The summed E-state index contributed by atoms with van der Waals surface area (Å²) in [5.41, 5.74) is 3.20. The van der Waals surface area contributed by atoms with Gasteiger partial charge in [0.05, 0.1) is 31.4 Å². The van der Waals surface area contributed by atoms with Crippen molar-refractivity contribution in [2.75, 3.05) is 46.0 Å². The molecular formula is C35H40N2O6. The maximum absolute atomic E-state index is 13.5. The number of aliphatic hydroxyl groups is 1. The van der Waals surface area contributed by atoms with Crippen molar-refractivity contribution in [2.24, 2.45) is 0 Å². The van der Waals surface area contributed by atoms with Crippen LogP contribution in [0.4, 0.5) is 0 Å². The van der Waals surface area contributed by atoms with Crippen LogP contribution in [0.15, 0.2) is 78.4 Å². The van der Waals surface area contributed by atoms with Crippen LogP contribution in [-0.2, 0) is 20.9 Å². The molecule has 0 bridgehead atoms. The summed E-state index contributed by atoms with van der Waals surface area (Å²) in [5.74, 6) is -0.0619. The number of hydrogen-bond acceptors (Lipinski definition) is 7. The predicted molar refractivity (Wildman–Crippen MR) is 165 cm³/mol. The summed E-state index contributed by atoms with van der Waals surface area (Å²) in [6.07, 6.45) is 1.58. The summed E-state index contributed by atoms with van der Waals surface area (Å²) in [4.78, 5) is 30.9. The minimum Gasteiger partial charge on any atom is -0.507 e. The lowest BCUT2D eigenvalue weighted by atomic mass is 9.94. The fourth-order valence-electron chi connectivity index (χ4n) is 5.56. The number of ketones is 1. The molecule has 5 rings (SSSR count). The molecule has 3 aromatic carbocycles. The van der Waals surface area contributed by atoms with Gasteiger partial charge in [0.15, 0.2) is 0 Å². The molecule has 8 nitrogen and oxygen atoms in total. The zero-order valence-corrected chi connectivity index (χ0v) is 25.0. The van der Waals surface area contributed by atoms with Crippen LogP contribution in [-0.4, -0.2) is 72.6 Å². The summed E-state index contributed by atoms with van der Waals surface area (Å²) in [7, 11) is 0. The van der Waals surface area contributed by atoms with Gasteiger partial charge in [0.25, 0.3) is 11.7 Å². The quantitative estimate of drug-likeness (QED) is 0.171. The molecule has 2 aliphatic heterocycles. The van der Waals surface area contributed by atoms with Crippen molar-refractivity contribution in [1.29, 1.82) is 0 Å². The van der Waals surface area contributed by atoms with Gasteiger partial charge in [-0.25, -0.2) is 0 Å². The van der Waals surface area contributed by atoms with E-state index in [0.717, 1.165) is 48.5 Å². The van der Waals surface area contributed by atoms with Crippen LogP contribution < -0.4 is 9.47 Å². The summed E-state index contributed by atoms with van der Waals surface area (Å²) < 4.78 is 17.2. The second kappa shape index (κ2) is 14.4. The van der Waals surface area contributed by atoms with Gasteiger partial charge in [-0.15, -0.1) is 0 Å². The number of carbonyl (C=O) groups excluding carboxylic acids is 2. The van der Waals surface area contributed by atoms with Crippen molar-refractivity contribution in [3.8, 4) is 11.5 Å². The molecule has 0 spiro atoms. The molecule has 0 aliphatic carbocycles. The molecule has 2 fully saturated rings.